The van der Waals surface area contributed by atoms with E-state index in [0.717, 1.165) is 17.7 Å². The molecule has 1 atom stereocenters. The molecule has 0 N–H and O–H groups in total. The summed E-state index contributed by atoms with van der Waals surface area (Å²) in [5.74, 6) is 1.33. The third kappa shape index (κ3) is 6.39. The molecular weight excluding hydrogens is 248 g/mol. The van der Waals surface area contributed by atoms with Crippen molar-refractivity contribution in [2.75, 3.05) is 13.7 Å². The molecule has 1 aromatic carbocycles. The highest BCUT2D eigenvalue weighted by atomic mass is 16.5. The molecule has 1 rings (SSSR count). The van der Waals surface area contributed by atoms with Gasteiger partial charge in [0.15, 0.2) is 0 Å². The van der Waals surface area contributed by atoms with Crippen LogP contribution in [0.15, 0.2) is 61.2 Å². The molecule has 0 fully saturated rings. The van der Waals surface area contributed by atoms with E-state index >= 15 is 0 Å². The molecule has 2 nitrogen and oxygen atoms in total. The Labute approximate surface area is 122 Å². The molecule has 1 unspecified atom stereocenters. The van der Waals surface area contributed by atoms with Gasteiger partial charge in [0.05, 0.1) is 20.3 Å². The first kappa shape index (κ1) is 16.3. The summed E-state index contributed by atoms with van der Waals surface area (Å²) in [7, 11) is 1.67. The van der Waals surface area contributed by atoms with Crippen molar-refractivity contribution in [1.82, 2.24) is 0 Å². The summed E-state index contributed by atoms with van der Waals surface area (Å²) in [6.45, 7) is 7.17. The van der Waals surface area contributed by atoms with Crippen LogP contribution < -0.4 is 4.74 Å². The summed E-state index contributed by atoms with van der Waals surface area (Å²) in [5.41, 5.74) is 1.15. The molecule has 0 amide bonds. The molecule has 20 heavy (non-hydrogen) atoms. The number of hydrogen-bond acceptors (Lipinski definition) is 2. The van der Waals surface area contributed by atoms with E-state index in [1.165, 1.54) is 0 Å². The van der Waals surface area contributed by atoms with Crippen molar-refractivity contribution in [3.8, 4) is 5.75 Å². The Morgan fingerprint density at radius 2 is 1.95 bits per heavy atom. The normalized spacial score (nSPS) is 12.9. The first-order valence-electron chi connectivity index (χ1n) is 6.96. The lowest BCUT2D eigenvalue weighted by atomic mass is 10.1. The van der Waals surface area contributed by atoms with E-state index in [2.05, 4.69) is 19.6 Å². The van der Waals surface area contributed by atoms with Gasteiger partial charge in [0.25, 0.3) is 0 Å². The summed E-state index contributed by atoms with van der Waals surface area (Å²) in [6.07, 6.45) is 11.3. The number of hydrogen-bond donors (Lipinski definition) is 0. The molecule has 0 aliphatic carbocycles. The lowest BCUT2D eigenvalue weighted by molar-refractivity contribution is 0.148. The predicted octanol–water partition coefficient (Wildman–Crippen LogP) is 4.54. The standard InChI is InChI=1S/C18H24O2/c1-4-16(5-2)9-7-6-8-14-20-15-17-10-12-18(19-3)13-11-17/h4,6-13,16H,1,5,14-15H2,2-3H3/b8-6+,9-7+. The molecule has 0 bridgehead atoms. The largest absolute Gasteiger partial charge is 0.497 e. The first-order valence-corrected chi connectivity index (χ1v) is 6.96. The van der Waals surface area contributed by atoms with Crippen LogP contribution in [0.1, 0.15) is 18.9 Å². The molecule has 0 heterocycles. The molecule has 0 radical (unpaired) electrons. The maximum Gasteiger partial charge on any atom is 0.118 e. The molecule has 0 saturated heterocycles. The minimum Gasteiger partial charge on any atom is -0.497 e. The van der Waals surface area contributed by atoms with Gasteiger partial charge < -0.3 is 9.47 Å². The highest BCUT2D eigenvalue weighted by molar-refractivity contribution is 5.26. The highest BCUT2D eigenvalue weighted by Crippen LogP contribution is 2.11. The van der Waals surface area contributed by atoms with Crippen LogP contribution in [0.5, 0.6) is 5.75 Å². The van der Waals surface area contributed by atoms with Gasteiger partial charge in [0, 0.05) is 0 Å². The van der Waals surface area contributed by atoms with Crippen LogP contribution in [0.2, 0.25) is 0 Å². The van der Waals surface area contributed by atoms with Gasteiger partial charge in [0.2, 0.25) is 0 Å². The van der Waals surface area contributed by atoms with Crippen molar-refractivity contribution < 1.29 is 9.47 Å². The van der Waals surface area contributed by atoms with Crippen LogP contribution in [-0.4, -0.2) is 13.7 Å². The summed E-state index contributed by atoms with van der Waals surface area (Å²) >= 11 is 0. The zero-order chi connectivity index (χ0) is 14.6. The molecule has 0 aliphatic rings. The number of ether oxygens (including phenoxy) is 2. The van der Waals surface area contributed by atoms with Crippen molar-refractivity contribution in [1.29, 1.82) is 0 Å². The quantitative estimate of drug-likeness (QED) is 0.373. The Bertz CT molecular complexity index is 429. The second-order valence-corrected chi connectivity index (χ2v) is 4.48. The van der Waals surface area contributed by atoms with Gasteiger partial charge in [-0.1, -0.05) is 49.4 Å². The Hall–Kier alpha value is -1.80. The van der Waals surface area contributed by atoms with Crippen LogP contribution in [0.4, 0.5) is 0 Å². The SMILES string of the molecule is C=CC(/C=C/C=C/COCc1ccc(OC)cc1)CC. The van der Waals surface area contributed by atoms with Crippen LogP contribution in [-0.2, 0) is 11.3 Å². The smallest absolute Gasteiger partial charge is 0.118 e. The minimum atomic E-state index is 0.458. The second kappa shape index (κ2) is 10.0. The number of methoxy groups -OCH3 is 1. The van der Waals surface area contributed by atoms with E-state index in [4.69, 9.17) is 9.47 Å². The number of benzene rings is 1. The highest BCUT2D eigenvalue weighted by Gasteiger charge is 1.94. The van der Waals surface area contributed by atoms with Gasteiger partial charge in [-0.25, -0.2) is 0 Å². The van der Waals surface area contributed by atoms with E-state index in [1.54, 1.807) is 7.11 Å². The summed E-state index contributed by atoms with van der Waals surface area (Å²) in [5, 5.41) is 0. The van der Waals surface area contributed by atoms with Gasteiger partial charge in [-0.05, 0) is 30.0 Å². The third-order valence-electron chi connectivity index (χ3n) is 3.02. The fourth-order valence-corrected chi connectivity index (χ4v) is 1.69. The monoisotopic (exact) mass is 272 g/mol. The average Bonchev–Trinajstić information content (AvgIpc) is 2.51. The molecule has 0 spiro atoms. The lowest BCUT2D eigenvalue weighted by Crippen LogP contribution is -1.93. The van der Waals surface area contributed by atoms with E-state index in [0.29, 0.717) is 19.1 Å². The average molecular weight is 272 g/mol. The topological polar surface area (TPSA) is 18.5 Å². The van der Waals surface area contributed by atoms with Crippen molar-refractivity contribution in [2.24, 2.45) is 5.92 Å². The van der Waals surface area contributed by atoms with Gasteiger partial charge in [-0.2, -0.15) is 0 Å². The Balaban J connectivity index is 2.22. The molecule has 108 valence electrons. The zero-order valence-corrected chi connectivity index (χ0v) is 12.4. The fraction of sp³-hybridized carbons (Fsp3) is 0.333. The van der Waals surface area contributed by atoms with Crippen molar-refractivity contribution in [3.63, 3.8) is 0 Å². The molecule has 1 aromatic rings. The van der Waals surface area contributed by atoms with Gasteiger partial charge in [0.1, 0.15) is 5.75 Å². The Kier molecular flexibility index (Phi) is 8.16. The number of rotatable bonds is 9. The maximum absolute atomic E-state index is 5.57. The van der Waals surface area contributed by atoms with E-state index < -0.39 is 0 Å². The maximum atomic E-state index is 5.57. The molecule has 0 aliphatic heterocycles. The van der Waals surface area contributed by atoms with Gasteiger partial charge in [-0.3, -0.25) is 0 Å². The van der Waals surface area contributed by atoms with E-state index in [1.807, 2.05) is 48.6 Å². The fourth-order valence-electron chi connectivity index (χ4n) is 1.69. The Morgan fingerprint density at radius 1 is 1.20 bits per heavy atom. The first-order chi connectivity index (χ1) is 9.80. The van der Waals surface area contributed by atoms with Gasteiger partial charge >= 0.3 is 0 Å². The van der Waals surface area contributed by atoms with Crippen molar-refractivity contribution >= 4 is 0 Å². The van der Waals surface area contributed by atoms with Crippen LogP contribution in [0.25, 0.3) is 0 Å². The predicted molar refractivity (Wildman–Crippen MR) is 84.9 cm³/mol. The molecule has 0 saturated carbocycles. The van der Waals surface area contributed by atoms with E-state index in [-0.39, 0.29) is 0 Å². The van der Waals surface area contributed by atoms with E-state index in [9.17, 15) is 0 Å². The summed E-state index contributed by atoms with van der Waals surface area (Å²) in [4.78, 5) is 0. The minimum absolute atomic E-state index is 0.458. The van der Waals surface area contributed by atoms with Crippen molar-refractivity contribution in [2.45, 2.75) is 20.0 Å². The van der Waals surface area contributed by atoms with Crippen LogP contribution >= 0.6 is 0 Å². The van der Waals surface area contributed by atoms with Gasteiger partial charge in [-0.15, -0.1) is 6.58 Å². The number of allylic oxidation sites excluding steroid dienone is 4. The zero-order valence-electron chi connectivity index (χ0n) is 12.4. The van der Waals surface area contributed by atoms with Crippen LogP contribution in [0.3, 0.4) is 0 Å². The van der Waals surface area contributed by atoms with Crippen molar-refractivity contribution in [3.05, 3.63) is 66.8 Å². The molecule has 0 aromatic heterocycles. The summed E-state index contributed by atoms with van der Waals surface area (Å²) < 4.78 is 10.7. The summed E-state index contributed by atoms with van der Waals surface area (Å²) in [6, 6.07) is 7.91. The van der Waals surface area contributed by atoms with Crippen LogP contribution in [0, 0.1) is 5.92 Å². The second-order valence-electron chi connectivity index (χ2n) is 4.48. The third-order valence-corrected chi connectivity index (χ3v) is 3.02. The Morgan fingerprint density at radius 3 is 2.55 bits per heavy atom. The lowest BCUT2D eigenvalue weighted by Gasteiger charge is -2.03. The molecular formula is C18H24O2. The molecule has 2 heteroatoms.